The first-order valence-corrected chi connectivity index (χ1v) is 7.28. The summed E-state index contributed by atoms with van der Waals surface area (Å²) in [6.45, 7) is 2.84. The summed E-state index contributed by atoms with van der Waals surface area (Å²) in [5.74, 6) is -0.292. The molecule has 20 heavy (non-hydrogen) atoms. The topological polar surface area (TPSA) is 37.4 Å². The lowest BCUT2D eigenvalue weighted by Gasteiger charge is -2.23. The first-order valence-electron chi connectivity index (χ1n) is 7.28. The normalized spacial score (nSPS) is 20.5. The van der Waals surface area contributed by atoms with Crippen LogP contribution in [-0.4, -0.2) is 49.8 Å². The molecular weight excluding hydrogens is 257 g/mol. The minimum atomic E-state index is -0.292. The molecule has 1 saturated heterocycles. The molecule has 2 atom stereocenters. The van der Waals surface area contributed by atoms with Crippen LogP contribution in [0.15, 0.2) is 18.3 Å². The number of rotatable bonds is 7. The van der Waals surface area contributed by atoms with Gasteiger partial charge in [-0.15, -0.1) is 0 Å². The fourth-order valence-electron chi connectivity index (χ4n) is 2.61. The maximum Gasteiger partial charge on any atom is 0.141 e. The SMILES string of the molecule is CNC(CCN(C)CC1CCCO1)c1ccc(F)cn1. The average Bonchev–Trinajstić information content (AvgIpc) is 2.94. The van der Waals surface area contributed by atoms with Gasteiger partial charge in [0.1, 0.15) is 5.82 Å². The number of ether oxygens (including phenoxy) is 1. The molecule has 0 spiro atoms. The summed E-state index contributed by atoms with van der Waals surface area (Å²) >= 11 is 0. The van der Waals surface area contributed by atoms with E-state index in [1.54, 1.807) is 6.07 Å². The molecule has 2 heterocycles. The van der Waals surface area contributed by atoms with Gasteiger partial charge in [0, 0.05) is 13.2 Å². The van der Waals surface area contributed by atoms with Crippen LogP contribution in [0.25, 0.3) is 0 Å². The van der Waals surface area contributed by atoms with Crippen molar-refractivity contribution >= 4 is 0 Å². The molecule has 1 aliphatic rings. The molecule has 1 aliphatic heterocycles. The Labute approximate surface area is 120 Å². The fourth-order valence-corrected chi connectivity index (χ4v) is 2.61. The van der Waals surface area contributed by atoms with Gasteiger partial charge in [-0.25, -0.2) is 4.39 Å². The molecule has 2 rings (SSSR count). The van der Waals surface area contributed by atoms with Gasteiger partial charge < -0.3 is 15.0 Å². The summed E-state index contributed by atoms with van der Waals surface area (Å²) in [4.78, 5) is 6.45. The van der Waals surface area contributed by atoms with Crippen molar-refractivity contribution in [3.05, 3.63) is 29.8 Å². The molecule has 1 aromatic heterocycles. The van der Waals surface area contributed by atoms with Crippen molar-refractivity contribution in [1.29, 1.82) is 0 Å². The van der Waals surface area contributed by atoms with Crippen LogP contribution in [0.1, 0.15) is 31.0 Å². The average molecular weight is 281 g/mol. The molecule has 0 bridgehead atoms. The van der Waals surface area contributed by atoms with Crippen molar-refractivity contribution < 1.29 is 9.13 Å². The highest BCUT2D eigenvalue weighted by Crippen LogP contribution is 2.16. The van der Waals surface area contributed by atoms with Crippen LogP contribution in [-0.2, 0) is 4.74 Å². The Morgan fingerprint density at radius 3 is 3.00 bits per heavy atom. The molecule has 4 nitrogen and oxygen atoms in total. The van der Waals surface area contributed by atoms with E-state index in [1.165, 1.54) is 25.1 Å². The highest BCUT2D eigenvalue weighted by atomic mass is 19.1. The van der Waals surface area contributed by atoms with E-state index in [4.69, 9.17) is 4.74 Å². The van der Waals surface area contributed by atoms with E-state index in [9.17, 15) is 4.39 Å². The summed E-state index contributed by atoms with van der Waals surface area (Å²) in [5.41, 5.74) is 0.888. The lowest BCUT2D eigenvalue weighted by molar-refractivity contribution is 0.0801. The second kappa shape index (κ2) is 7.67. The molecule has 0 radical (unpaired) electrons. The first-order chi connectivity index (χ1) is 9.69. The van der Waals surface area contributed by atoms with Crippen LogP contribution >= 0.6 is 0 Å². The first kappa shape index (κ1) is 15.4. The van der Waals surface area contributed by atoms with Gasteiger partial charge in [-0.1, -0.05) is 0 Å². The molecule has 5 heteroatoms. The zero-order chi connectivity index (χ0) is 14.4. The minimum absolute atomic E-state index is 0.155. The van der Waals surface area contributed by atoms with Crippen LogP contribution < -0.4 is 5.32 Å². The molecule has 0 amide bonds. The number of halogens is 1. The smallest absolute Gasteiger partial charge is 0.141 e. The van der Waals surface area contributed by atoms with Gasteiger partial charge in [-0.3, -0.25) is 4.98 Å². The Kier molecular flexibility index (Phi) is 5.88. The monoisotopic (exact) mass is 281 g/mol. The largest absolute Gasteiger partial charge is 0.377 e. The highest BCUT2D eigenvalue weighted by Gasteiger charge is 2.18. The standard InChI is InChI=1S/C15H24FN3O/c1-17-14(15-6-5-12(16)10-18-15)7-8-19(2)11-13-4-3-9-20-13/h5-6,10,13-14,17H,3-4,7-9,11H2,1-2H3. The molecule has 1 N–H and O–H groups in total. The maximum atomic E-state index is 12.9. The summed E-state index contributed by atoms with van der Waals surface area (Å²) in [7, 11) is 4.03. The quantitative estimate of drug-likeness (QED) is 0.829. The van der Waals surface area contributed by atoms with E-state index in [0.29, 0.717) is 6.10 Å². The van der Waals surface area contributed by atoms with E-state index in [-0.39, 0.29) is 11.9 Å². The molecule has 2 unspecified atom stereocenters. The number of hydrogen-bond donors (Lipinski definition) is 1. The lowest BCUT2D eigenvalue weighted by atomic mass is 10.1. The highest BCUT2D eigenvalue weighted by molar-refractivity contribution is 5.09. The van der Waals surface area contributed by atoms with Gasteiger partial charge in [-0.05, 0) is 52.0 Å². The minimum Gasteiger partial charge on any atom is -0.377 e. The Morgan fingerprint density at radius 1 is 1.55 bits per heavy atom. The fraction of sp³-hybridized carbons (Fsp3) is 0.667. The van der Waals surface area contributed by atoms with E-state index < -0.39 is 0 Å². The van der Waals surface area contributed by atoms with Gasteiger partial charge >= 0.3 is 0 Å². The van der Waals surface area contributed by atoms with Gasteiger partial charge in [0.2, 0.25) is 0 Å². The zero-order valence-corrected chi connectivity index (χ0v) is 12.3. The van der Waals surface area contributed by atoms with Gasteiger partial charge in [0.15, 0.2) is 0 Å². The molecule has 0 aliphatic carbocycles. The lowest BCUT2D eigenvalue weighted by Crippen LogP contribution is -2.31. The van der Waals surface area contributed by atoms with E-state index in [0.717, 1.165) is 31.8 Å². The van der Waals surface area contributed by atoms with Crippen LogP contribution in [0.4, 0.5) is 4.39 Å². The number of nitrogens with one attached hydrogen (secondary N) is 1. The second-order valence-corrected chi connectivity index (χ2v) is 5.43. The predicted octanol–water partition coefficient (Wildman–Crippen LogP) is 1.98. The van der Waals surface area contributed by atoms with Gasteiger partial charge in [0.25, 0.3) is 0 Å². The van der Waals surface area contributed by atoms with Crippen molar-refractivity contribution in [1.82, 2.24) is 15.2 Å². The third-order valence-corrected chi connectivity index (χ3v) is 3.79. The third kappa shape index (κ3) is 4.51. The van der Waals surface area contributed by atoms with Crippen LogP contribution in [0.5, 0.6) is 0 Å². The van der Waals surface area contributed by atoms with E-state index in [2.05, 4.69) is 22.2 Å². The van der Waals surface area contributed by atoms with Crippen LogP contribution in [0, 0.1) is 5.82 Å². The summed E-state index contributed by atoms with van der Waals surface area (Å²) in [6.07, 6.45) is 4.95. The zero-order valence-electron chi connectivity index (χ0n) is 12.3. The van der Waals surface area contributed by atoms with Crippen LogP contribution in [0.3, 0.4) is 0 Å². The Hall–Kier alpha value is -1.04. The molecular formula is C15H24FN3O. The van der Waals surface area contributed by atoms with E-state index >= 15 is 0 Å². The summed E-state index contributed by atoms with van der Waals surface area (Å²) in [5, 5.41) is 3.24. The Balaban J connectivity index is 1.79. The maximum absolute atomic E-state index is 12.9. The Bertz CT molecular complexity index is 393. The third-order valence-electron chi connectivity index (χ3n) is 3.79. The number of nitrogens with zero attached hydrogens (tertiary/aromatic N) is 2. The molecule has 1 aromatic rings. The van der Waals surface area contributed by atoms with Crippen LogP contribution in [0.2, 0.25) is 0 Å². The van der Waals surface area contributed by atoms with Crippen molar-refractivity contribution in [2.75, 3.05) is 33.8 Å². The molecule has 0 aromatic carbocycles. The Morgan fingerprint density at radius 2 is 2.40 bits per heavy atom. The van der Waals surface area contributed by atoms with Gasteiger partial charge in [0.05, 0.1) is 24.0 Å². The van der Waals surface area contributed by atoms with Crippen molar-refractivity contribution in [2.24, 2.45) is 0 Å². The van der Waals surface area contributed by atoms with Gasteiger partial charge in [-0.2, -0.15) is 0 Å². The molecule has 1 fully saturated rings. The predicted molar refractivity (Wildman–Crippen MR) is 77.1 cm³/mol. The van der Waals surface area contributed by atoms with Crippen molar-refractivity contribution in [3.8, 4) is 0 Å². The summed E-state index contributed by atoms with van der Waals surface area (Å²) in [6, 6.07) is 3.36. The number of likely N-dealkylation sites (N-methyl/N-ethyl adjacent to an activating group) is 1. The number of pyridine rings is 1. The molecule has 0 saturated carbocycles. The number of aromatic nitrogens is 1. The van der Waals surface area contributed by atoms with E-state index in [1.807, 2.05) is 7.05 Å². The van der Waals surface area contributed by atoms with Crippen molar-refractivity contribution in [3.63, 3.8) is 0 Å². The van der Waals surface area contributed by atoms with Crippen molar-refractivity contribution in [2.45, 2.75) is 31.4 Å². The summed E-state index contributed by atoms with van der Waals surface area (Å²) < 4.78 is 18.5. The number of hydrogen-bond acceptors (Lipinski definition) is 4. The molecule has 112 valence electrons. The second-order valence-electron chi connectivity index (χ2n) is 5.43.